The maximum Gasteiger partial charge on any atom is 0.417 e. The van der Waals surface area contributed by atoms with Crippen LogP contribution in [0.1, 0.15) is 36.1 Å². The van der Waals surface area contributed by atoms with Crippen molar-refractivity contribution >= 4 is 23.4 Å². The van der Waals surface area contributed by atoms with Crippen LogP contribution in [0.4, 0.5) is 23.2 Å². The monoisotopic (exact) mass is 502 g/mol. The van der Waals surface area contributed by atoms with Crippen molar-refractivity contribution in [3.05, 3.63) is 83.3 Å². The number of imidazole rings is 1. The minimum absolute atomic E-state index is 0.0450. The van der Waals surface area contributed by atoms with E-state index in [1.807, 2.05) is 19.1 Å². The van der Waals surface area contributed by atoms with Gasteiger partial charge in [0.15, 0.2) is 11.0 Å². The molecule has 35 heavy (non-hydrogen) atoms. The first kappa shape index (κ1) is 24.7. The molecule has 1 N–H and O–H groups in total. The molecule has 2 aromatic carbocycles. The van der Waals surface area contributed by atoms with Gasteiger partial charge in [0.2, 0.25) is 5.91 Å². The highest BCUT2D eigenvalue weighted by Gasteiger charge is 2.35. The van der Waals surface area contributed by atoms with Crippen LogP contribution < -0.4 is 5.32 Å². The van der Waals surface area contributed by atoms with Crippen LogP contribution in [0.3, 0.4) is 0 Å². The van der Waals surface area contributed by atoms with Gasteiger partial charge in [-0.2, -0.15) is 13.2 Å². The molecule has 0 saturated carbocycles. The number of fused-ring (bicyclic) bond motifs is 1. The Morgan fingerprint density at radius 1 is 1.11 bits per heavy atom. The number of pyridine rings is 1. The average Bonchev–Trinajstić information content (AvgIpc) is 3.23. The van der Waals surface area contributed by atoms with Gasteiger partial charge in [-0.3, -0.25) is 4.79 Å². The summed E-state index contributed by atoms with van der Waals surface area (Å²) in [6, 6.07) is 13.1. The minimum Gasteiger partial charge on any atom is -0.324 e. The standard InChI is InChI=1S/C25H22F4N4OS/c1-3-21(23(34)30-19-7-5-4-6-15(19)2)33-13-17(25(27,28)29)12-20-22(33)32-24(31-20)35-14-16-8-10-18(26)11-9-16/h4-13,21H,3,14H2,1-2H3,(H,30,34). The van der Waals surface area contributed by atoms with E-state index in [1.54, 1.807) is 31.2 Å². The lowest BCUT2D eigenvalue weighted by atomic mass is 10.1. The normalized spacial score (nSPS) is 12.6. The van der Waals surface area contributed by atoms with Crippen molar-refractivity contribution in [2.24, 2.45) is 0 Å². The number of anilines is 1. The lowest BCUT2D eigenvalue weighted by molar-refractivity contribution is -0.138. The van der Waals surface area contributed by atoms with Crippen molar-refractivity contribution < 1.29 is 22.4 Å². The third-order valence-corrected chi connectivity index (χ3v) is 6.42. The van der Waals surface area contributed by atoms with Crippen molar-refractivity contribution in [3.63, 3.8) is 0 Å². The molecule has 0 spiro atoms. The zero-order chi connectivity index (χ0) is 25.2. The Morgan fingerprint density at radius 3 is 2.49 bits per heavy atom. The van der Waals surface area contributed by atoms with Gasteiger partial charge in [-0.05, 0) is 48.7 Å². The second kappa shape index (κ2) is 10.1. The number of carbonyl (C=O) groups is 1. The SMILES string of the molecule is CCC(C(=O)Nc1ccccc1C)n1cc(C(F)(F)F)cc2nc(SCc3ccc(F)cc3)nc1-2. The highest BCUT2D eigenvalue weighted by molar-refractivity contribution is 7.98. The quantitative estimate of drug-likeness (QED) is 0.225. The van der Waals surface area contributed by atoms with Gasteiger partial charge in [-0.25, -0.2) is 14.4 Å². The summed E-state index contributed by atoms with van der Waals surface area (Å²) < 4.78 is 55.4. The van der Waals surface area contributed by atoms with Gasteiger partial charge in [-0.1, -0.05) is 49.0 Å². The number of hydrogen-bond acceptors (Lipinski definition) is 4. The summed E-state index contributed by atoms with van der Waals surface area (Å²) in [5, 5.41) is 3.09. The van der Waals surface area contributed by atoms with Crippen LogP contribution >= 0.6 is 11.8 Å². The van der Waals surface area contributed by atoms with Gasteiger partial charge >= 0.3 is 6.18 Å². The molecule has 2 aliphatic rings. The first-order valence-corrected chi connectivity index (χ1v) is 11.8. The highest BCUT2D eigenvalue weighted by atomic mass is 32.2. The zero-order valence-corrected chi connectivity index (χ0v) is 19.8. The molecule has 0 radical (unpaired) electrons. The number of aryl methyl sites for hydroxylation is 1. The van der Waals surface area contributed by atoms with E-state index in [2.05, 4.69) is 15.3 Å². The largest absolute Gasteiger partial charge is 0.417 e. The van der Waals surface area contributed by atoms with Crippen LogP contribution in [-0.2, 0) is 16.7 Å². The van der Waals surface area contributed by atoms with Crippen LogP contribution in [0, 0.1) is 12.7 Å². The Labute approximate surface area is 203 Å². The van der Waals surface area contributed by atoms with E-state index >= 15 is 0 Å². The van der Waals surface area contributed by atoms with E-state index in [9.17, 15) is 22.4 Å². The second-order valence-corrected chi connectivity index (χ2v) is 8.93. The molecule has 1 atom stereocenters. The Hall–Kier alpha value is -3.40. The van der Waals surface area contributed by atoms with Crippen molar-refractivity contribution in [1.82, 2.24) is 14.5 Å². The number of aromatic nitrogens is 3. The molecule has 0 aliphatic carbocycles. The average molecular weight is 503 g/mol. The van der Waals surface area contributed by atoms with Crippen LogP contribution in [0.15, 0.2) is 66.0 Å². The molecule has 182 valence electrons. The highest BCUT2D eigenvalue weighted by Crippen LogP contribution is 2.36. The summed E-state index contributed by atoms with van der Waals surface area (Å²) in [5.41, 5.74) is 1.37. The molecule has 2 aliphatic heterocycles. The van der Waals surface area contributed by atoms with Gasteiger partial charge in [-0.15, -0.1) is 0 Å². The summed E-state index contributed by atoms with van der Waals surface area (Å²) in [4.78, 5) is 21.9. The zero-order valence-electron chi connectivity index (χ0n) is 18.9. The molecule has 4 rings (SSSR count). The fourth-order valence-corrected chi connectivity index (χ4v) is 4.43. The van der Waals surface area contributed by atoms with Crippen molar-refractivity contribution in [2.75, 3.05) is 5.32 Å². The maximum absolute atomic E-state index is 13.7. The smallest absolute Gasteiger partial charge is 0.324 e. The fourth-order valence-electron chi connectivity index (χ4n) is 3.63. The maximum atomic E-state index is 13.7. The molecule has 0 fully saturated rings. The van der Waals surface area contributed by atoms with Crippen LogP contribution in [-0.4, -0.2) is 20.4 Å². The number of nitrogens with zero attached hydrogens (tertiary/aromatic N) is 3. The fraction of sp³-hybridized carbons (Fsp3) is 0.240. The molecule has 0 bridgehead atoms. The van der Waals surface area contributed by atoms with Gasteiger partial charge < -0.3 is 9.88 Å². The van der Waals surface area contributed by atoms with E-state index in [4.69, 9.17) is 0 Å². The summed E-state index contributed by atoms with van der Waals surface area (Å²) in [6.07, 6.45) is -3.47. The number of alkyl halides is 3. The number of thioether (sulfide) groups is 1. The second-order valence-electron chi connectivity index (χ2n) is 7.99. The summed E-state index contributed by atoms with van der Waals surface area (Å²) in [6.45, 7) is 3.56. The summed E-state index contributed by atoms with van der Waals surface area (Å²) >= 11 is 1.22. The third-order valence-electron chi connectivity index (χ3n) is 5.50. The van der Waals surface area contributed by atoms with Gasteiger partial charge in [0.25, 0.3) is 0 Å². The summed E-state index contributed by atoms with van der Waals surface area (Å²) in [7, 11) is 0. The molecule has 2 heterocycles. The predicted molar refractivity (Wildman–Crippen MR) is 127 cm³/mol. The number of para-hydroxylation sites is 1. The van der Waals surface area contributed by atoms with E-state index in [-0.39, 0.29) is 28.9 Å². The molecule has 1 amide bonds. The Bertz CT molecular complexity index is 1300. The van der Waals surface area contributed by atoms with Crippen LogP contribution in [0.25, 0.3) is 11.5 Å². The molecular weight excluding hydrogens is 480 g/mol. The number of benzene rings is 2. The number of hydrogen-bond donors (Lipinski definition) is 1. The van der Waals surface area contributed by atoms with E-state index < -0.39 is 23.7 Å². The number of nitrogens with one attached hydrogen (secondary N) is 1. The van der Waals surface area contributed by atoms with Gasteiger partial charge in [0.1, 0.15) is 17.6 Å². The van der Waals surface area contributed by atoms with Gasteiger partial charge in [0, 0.05) is 17.6 Å². The van der Waals surface area contributed by atoms with Crippen molar-refractivity contribution in [2.45, 2.75) is 43.4 Å². The first-order chi connectivity index (χ1) is 16.7. The first-order valence-electron chi connectivity index (χ1n) is 10.9. The molecular formula is C25H22F4N4OS. The molecule has 0 saturated heterocycles. The van der Waals surface area contributed by atoms with Gasteiger partial charge in [0.05, 0.1) is 5.56 Å². The Kier molecular flexibility index (Phi) is 7.11. The predicted octanol–water partition coefficient (Wildman–Crippen LogP) is 6.73. The molecule has 5 nitrogen and oxygen atoms in total. The number of rotatable bonds is 7. The molecule has 1 unspecified atom stereocenters. The Morgan fingerprint density at radius 2 is 1.83 bits per heavy atom. The van der Waals surface area contributed by atoms with E-state index in [1.165, 1.54) is 28.5 Å². The van der Waals surface area contributed by atoms with Crippen molar-refractivity contribution in [3.8, 4) is 11.5 Å². The van der Waals surface area contributed by atoms with E-state index in [0.29, 0.717) is 11.4 Å². The minimum atomic E-state index is -4.62. The number of carbonyl (C=O) groups excluding carboxylic acids is 1. The lowest BCUT2D eigenvalue weighted by Crippen LogP contribution is -2.28. The lowest BCUT2D eigenvalue weighted by Gasteiger charge is -2.23. The number of amides is 1. The summed E-state index contributed by atoms with van der Waals surface area (Å²) in [5.74, 6) is -0.208. The third kappa shape index (κ3) is 5.64. The topological polar surface area (TPSA) is 59.8 Å². The Balaban J connectivity index is 1.69. The number of halogens is 4. The van der Waals surface area contributed by atoms with Crippen molar-refractivity contribution in [1.29, 1.82) is 0 Å². The van der Waals surface area contributed by atoms with Crippen LogP contribution in [0.5, 0.6) is 0 Å². The molecule has 2 aromatic rings. The molecule has 0 aromatic heterocycles. The van der Waals surface area contributed by atoms with Crippen LogP contribution in [0.2, 0.25) is 0 Å². The molecule has 10 heteroatoms. The van der Waals surface area contributed by atoms with E-state index in [0.717, 1.165) is 23.4 Å².